The van der Waals surface area contributed by atoms with Crippen molar-refractivity contribution >= 4 is 34.4 Å². The Morgan fingerprint density at radius 2 is 1.86 bits per heavy atom. The van der Waals surface area contributed by atoms with Crippen molar-refractivity contribution in [1.82, 2.24) is 19.8 Å². The van der Waals surface area contributed by atoms with Gasteiger partial charge in [0.25, 0.3) is 0 Å². The number of hydrogen-bond donors (Lipinski definition) is 4. The van der Waals surface area contributed by atoms with E-state index < -0.39 is 11.5 Å². The zero-order valence-corrected chi connectivity index (χ0v) is 20.9. The average molecular weight is 492 g/mol. The smallest absolute Gasteiger partial charge is 0.319 e. The fraction of sp³-hybridized carbons (Fsp3) is 0.385. The second kappa shape index (κ2) is 10.4. The van der Waals surface area contributed by atoms with E-state index >= 15 is 0 Å². The Morgan fingerprint density at radius 3 is 2.50 bits per heavy atom. The first-order valence-corrected chi connectivity index (χ1v) is 12.0. The number of nitrogen functional groups attached to an aromatic ring is 1. The molecule has 0 saturated carbocycles. The Hall–Kier alpha value is -3.92. The van der Waals surface area contributed by atoms with Crippen LogP contribution in [0, 0.1) is 5.41 Å². The van der Waals surface area contributed by atoms with E-state index in [1.807, 2.05) is 53.8 Å². The number of anilines is 1. The lowest BCUT2D eigenvalue weighted by atomic mass is 9.89. The summed E-state index contributed by atoms with van der Waals surface area (Å²) in [5.74, 6) is 0.367. The monoisotopic (exact) mass is 491 g/mol. The van der Waals surface area contributed by atoms with Crippen LogP contribution in [0.4, 0.5) is 5.69 Å². The molecule has 2 aromatic carbocycles. The molecule has 1 saturated heterocycles. The van der Waals surface area contributed by atoms with E-state index in [9.17, 15) is 9.59 Å². The number of amides is 1. The van der Waals surface area contributed by atoms with Crippen LogP contribution in [0.2, 0.25) is 0 Å². The van der Waals surface area contributed by atoms with Crippen molar-refractivity contribution < 1.29 is 14.3 Å². The Kier molecular flexibility index (Phi) is 7.25. The molecule has 190 valence electrons. The fourth-order valence-corrected chi connectivity index (χ4v) is 4.53. The zero-order valence-electron chi connectivity index (χ0n) is 20.9. The molecule has 1 aliphatic heterocycles. The Morgan fingerprint density at radius 1 is 1.17 bits per heavy atom. The van der Waals surface area contributed by atoms with Crippen LogP contribution < -0.4 is 16.4 Å². The number of imidazole rings is 1. The number of rotatable bonds is 9. The van der Waals surface area contributed by atoms with Crippen molar-refractivity contribution in [2.24, 2.45) is 12.8 Å². The summed E-state index contributed by atoms with van der Waals surface area (Å²) in [7, 11) is 3.28. The number of likely N-dealkylation sites (tertiary alicyclic amines) is 1. The van der Waals surface area contributed by atoms with Crippen LogP contribution in [-0.4, -0.2) is 58.9 Å². The predicted octanol–water partition coefficient (Wildman–Crippen LogP) is 2.07. The maximum Gasteiger partial charge on any atom is 0.319 e. The average Bonchev–Trinajstić information content (AvgIpc) is 3.53. The highest BCUT2D eigenvalue weighted by atomic mass is 16.5. The molecular formula is C26H33N7O3. The number of methoxy groups -OCH3 is 1. The minimum atomic E-state index is -1.10. The van der Waals surface area contributed by atoms with Gasteiger partial charge in [0.15, 0.2) is 0 Å². The van der Waals surface area contributed by atoms with Crippen molar-refractivity contribution in [2.75, 3.05) is 32.1 Å². The van der Waals surface area contributed by atoms with Gasteiger partial charge in [0.1, 0.15) is 17.2 Å². The molecule has 10 heteroatoms. The molecule has 36 heavy (non-hydrogen) atoms. The van der Waals surface area contributed by atoms with Gasteiger partial charge in [-0.3, -0.25) is 20.3 Å². The molecule has 1 amide bonds. The van der Waals surface area contributed by atoms with Gasteiger partial charge < -0.3 is 25.3 Å². The van der Waals surface area contributed by atoms with Crippen LogP contribution in [0.25, 0.3) is 11.0 Å². The summed E-state index contributed by atoms with van der Waals surface area (Å²) < 4.78 is 6.80. The van der Waals surface area contributed by atoms with E-state index in [4.69, 9.17) is 20.9 Å². The number of nitrogens with one attached hydrogen (secondary N) is 3. The first kappa shape index (κ1) is 25.2. The van der Waals surface area contributed by atoms with Crippen LogP contribution in [0.5, 0.6) is 0 Å². The third kappa shape index (κ3) is 5.03. The number of aromatic nitrogens is 2. The molecule has 2 heterocycles. The number of fused-ring (bicyclic) bond motifs is 1. The minimum Gasteiger partial charge on any atom is -0.468 e. The molecule has 0 spiro atoms. The number of benzene rings is 2. The number of ether oxygens (including phenoxy) is 1. The summed E-state index contributed by atoms with van der Waals surface area (Å²) in [6, 6.07) is 13.1. The van der Waals surface area contributed by atoms with Crippen molar-refractivity contribution in [3.8, 4) is 0 Å². The molecule has 0 radical (unpaired) electrons. The van der Waals surface area contributed by atoms with Gasteiger partial charge >= 0.3 is 5.97 Å². The third-order valence-electron chi connectivity index (χ3n) is 6.83. The molecule has 5 N–H and O–H groups in total. The summed E-state index contributed by atoms with van der Waals surface area (Å²) in [4.78, 5) is 32.1. The lowest BCUT2D eigenvalue weighted by Crippen LogP contribution is -2.54. The van der Waals surface area contributed by atoms with E-state index in [1.165, 1.54) is 7.11 Å². The summed E-state index contributed by atoms with van der Waals surface area (Å²) >= 11 is 0. The lowest BCUT2D eigenvalue weighted by Gasteiger charge is -2.33. The van der Waals surface area contributed by atoms with Crippen LogP contribution in [0.3, 0.4) is 0 Å². The van der Waals surface area contributed by atoms with Gasteiger partial charge in [-0.15, -0.1) is 0 Å². The zero-order chi connectivity index (χ0) is 25.9. The highest BCUT2D eigenvalue weighted by Gasteiger charge is 2.39. The fourth-order valence-electron chi connectivity index (χ4n) is 4.53. The summed E-state index contributed by atoms with van der Waals surface area (Å²) in [6.07, 6.45) is 1.96. The van der Waals surface area contributed by atoms with Crippen molar-refractivity contribution in [3.05, 3.63) is 59.4 Å². The van der Waals surface area contributed by atoms with Crippen LogP contribution in [-0.2, 0) is 33.5 Å². The minimum absolute atomic E-state index is 0.0315. The normalized spacial score (nSPS) is 15.0. The SMILES string of the molecule is COC(=O)CN[C@@](C)(C(=O)N1CCCC1)c1ccc2c(c1)nc(CNc1ccc(C(=N)N)cc1)n2C. The number of nitrogens with two attached hydrogens (primary N) is 1. The number of carbonyl (C=O) groups excluding carboxylic acids is 2. The van der Waals surface area contributed by atoms with E-state index in [0.717, 1.165) is 41.0 Å². The van der Waals surface area contributed by atoms with Gasteiger partial charge in [-0.1, -0.05) is 6.07 Å². The molecule has 1 fully saturated rings. The summed E-state index contributed by atoms with van der Waals surface area (Å²) in [5.41, 5.74) is 8.44. The van der Waals surface area contributed by atoms with Gasteiger partial charge in [0.05, 0.1) is 31.2 Å². The third-order valence-corrected chi connectivity index (χ3v) is 6.83. The van der Waals surface area contributed by atoms with E-state index in [0.29, 0.717) is 25.2 Å². The molecule has 3 aromatic rings. The molecule has 1 atom stereocenters. The molecular weight excluding hydrogens is 458 g/mol. The maximum atomic E-state index is 13.6. The highest BCUT2D eigenvalue weighted by Crippen LogP contribution is 2.29. The molecule has 0 bridgehead atoms. The molecule has 1 aliphatic rings. The lowest BCUT2D eigenvalue weighted by molar-refractivity contribution is -0.141. The van der Waals surface area contributed by atoms with Gasteiger partial charge in [0.2, 0.25) is 5.91 Å². The molecule has 4 rings (SSSR count). The second-order valence-corrected chi connectivity index (χ2v) is 9.19. The Balaban J connectivity index is 1.60. The maximum absolute atomic E-state index is 13.6. The van der Waals surface area contributed by atoms with Gasteiger partial charge in [-0.05, 0) is 61.7 Å². The topological polar surface area (TPSA) is 138 Å². The van der Waals surface area contributed by atoms with Gasteiger partial charge in [-0.2, -0.15) is 0 Å². The molecule has 10 nitrogen and oxygen atoms in total. The van der Waals surface area contributed by atoms with E-state index in [1.54, 1.807) is 12.1 Å². The number of amidine groups is 1. The summed E-state index contributed by atoms with van der Waals surface area (Å²) in [5, 5.41) is 14.0. The van der Waals surface area contributed by atoms with Crippen molar-refractivity contribution in [3.63, 3.8) is 0 Å². The van der Waals surface area contributed by atoms with Crippen LogP contribution in [0.1, 0.15) is 36.7 Å². The Bertz CT molecular complexity index is 1280. The largest absolute Gasteiger partial charge is 0.468 e. The van der Waals surface area contributed by atoms with Crippen LogP contribution >= 0.6 is 0 Å². The van der Waals surface area contributed by atoms with Crippen LogP contribution in [0.15, 0.2) is 42.5 Å². The van der Waals surface area contributed by atoms with Gasteiger partial charge in [-0.25, -0.2) is 4.98 Å². The number of aryl methyl sites for hydroxylation is 1. The van der Waals surface area contributed by atoms with Crippen molar-refractivity contribution in [1.29, 1.82) is 5.41 Å². The summed E-state index contributed by atoms with van der Waals surface area (Å²) in [6.45, 7) is 3.65. The predicted molar refractivity (Wildman–Crippen MR) is 139 cm³/mol. The first-order chi connectivity index (χ1) is 17.2. The van der Waals surface area contributed by atoms with Gasteiger partial charge in [0, 0.05) is 31.4 Å². The molecule has 0 aliphatic carbocycles. The second-order valence-electron chi connectivity index (χ2n) is 9.19. The van der Waals surface area contributed by atoms with E-state index in [2.05, 4.69) is 10.6 Å². The van der Waals surface area contributed by atoms with E-state index in [-0.39, 0.29) is 18.3 Å². The standard InChI is InChI=1S/C26H33N7O3/c1-26(30-16-23(34)36-3,25(35)33-12-4-5-13-33)18-8-11-21-20(14-18)31-22(32(21)2)15-29-19-9-6-17(7-10-19)24(27)28/h6-11,14,29-30H,4-5,12-13,15-16H2,1-3H3,(H3,27,28)/t26-/m1/s1. The quantitative estimate of drug-likeness (QED) is 0.204. The van der Waals surface area contributed by atoms with Crippen molar-refractivity contribution in [2.45, 2.75) is 31.8 Å². The number of carbonyl (C=O) groups is 2. The molecule has 0 unspecified atom stereocenters. The molecule has 1 aromatic heterocycles. The first-order valence-electron chi connectivity index (χ1n) is 12.0. The number of nitrogens with zero attached hydrogens (tertiary/aromatic N) is 3. The highest BCUT2D eigenvalue weighted by molar-refractivity contribution is 5.95. The number of esters is 1. The number of hydrogen-bond acceptors (Lipinski definition) is 7. The Labute approximate surface area is 210 Å².